The number of unbranched alkanes of at least 4 members (excludes halogenated alkanes) is 1. The Hall–Kier alpha value is -0.530. The molecular weight excluding hydrogens is 270 g/mol. The molecule has 0 saturated heterocycles. The minimum atomic E-state index is 0.233. The molecule has 4 rings (SSSR count). The average Bonchev–Trinajstić information content (AvgIpc) is 2.46. The molecule has 2 heteroatoms. The molecule has 0 aromatic rings. The van der Waals surface area contributed by atoms with Gasteiger partial charge in [-0.3, -0.25) is 4.79 Å². The molecule has 0 spiro atoms. The van der Waals surface area contributed by atoms with Gasteiger partial charge in [0.15, 0.2) is 0 Å². The lowest BCUT2D eigenvalue weighted by atomic mass is 9.48. The van der Waals surface area contributed by atoms with Crippen molar-refractivity contribution >= 4 is 5.91 Å². The molecule has 4 aliphatic carbocycles. The van der Waals surface area contributed by atoms with E-state index < -0.39 is 0 Å². The van der Waals surface area contributed by atoms with E-state index in [2.05, 4.69) is 26.1 Å². The normalized spacial score (nSPS) is 38.8. The van der Waals surface area contributed by atoms with Crippen molar-refractivity contribution in [2.24, 2.45) is 29.1 Å². The second-order valence-corrected chi connectivity index (χ2v) is 8.76. The molecule has 1 amide bonds. The third-order valence-corrected chi connectivity index (χ3v) is 7.13. The third kappa shape index (κ3) is 3.08. The van der Waals surface area contributed by atoms with Crippen molar-refractivity contribution in [3.63, 3.8) is 0 Å². The summed E-state index contributed by atoms with van der Waals surface area (Å²) in [6.45, 7) is 6.68. The van der Waals surface area contributed by atoms with Crippen LogP contribution in [0.25, 0.3) is 0 Å². The van der Waals surface area contributed by atoms with Gasteiger partial charge in [0.1, 0.15) is 0 Å². The van der Waals surface area contributed by atoms with E-state index in [4.69, 9.17) is 0 Å². The fraction of sp³-hybridized carbons (Fsp3) is 0.950. The molecule has 0 aromatic heterocycles. The molecule has 22 heavy (non-hydrogen) atoms. The summed E-state index contributed by atoms with van der Waals surface area (Å²) in [6.07, 6.45) is 13.0. The van der Waals surface area contributed by atoms with Crippen LogP contribution in [0.15, 0.2) is 0 Å². The van der Waals surface area contributed by atoms with Gasteiger partial charge in [-0.05, 0) is 81.5 Å². The fourth-order valence-electron chi connectivity index (χ4n) is 6.16. The zero-order chi connectivity index (χ0) is 15.7. The zero-order valence-corrected chi connectivity index (χ0v) is 14.9. The molecule has 4 fully saturated rings. The van der Waals surface area contributed by atoms with Crippen LogP contribution in [0.5, 0.6) is 0 Å². The molecule has 0 heterocycles. The van der Waals surface area contributed by atoms with Gasteiger partial charge in [-0.2, -0.15) is 0 Å². The molecule has 0 aromatic carbocycles. The number of rotatable bonds is 7. The zero-order valence-electron chi connectivity index (χ0n) is 14.9. The van der Waals surface area contributed by atoms with Gasteiger partial charge in [0.25, 0.3) is 0 Å². The number of amides is 1. The van der Waals surface area contributed by atoms with Crippen molar-refractivity contribution < 1.29 is 4.79 Å². The number of nitrogens with one attached hydrogen (secondary N) is 1. The van der Waals surface area contributed by atoms with Crippen LogP contribution in [-0.4, -0.2) is 11.9 Å². The summed E-state index contributed by atoms with van der Waals surface area (Å²) in [6, 6.07) is 0.379. The van der Waals surface area contributed by atoms with Gasteiger partial charge in [0.2, 0.25) is 5.91 Å². The number of carbonyl (C=O) groups is 1. The number of hydrogen-bond donors (Lipinski definition) is 1. The average molecular weight is 306 g/mol. The van der Waals surface area contributed by atoms with Crippen molar-refractivity contribution in [1.82, 2.24) is 5.32 Å². The van der Waals surface area contributed by atoms with Gasteiger partial charge in [0, 0.05) is 12.0 Å². The third-order valence-electron chi connectivity index (χ3n) is 7.13. The molecular formula is C20H35NO. The van der Waals surface area contributed by atoms with Gasteiger partial charge in [0.05, 0.1) is 0 Å². The maximum atomic E-state index is 12.7. The predicted molar refractivity (Wildman–Crippen MR) is 91.5 cm³/mol. The summed E-state index contributed by atoms with van der Waals surface area (Å²) in [4.78, 5) is 12.7. The lowest BCUT2D eigenvalue weighted by Gasteiger charge is -2.59. The highest BCUT2D eigenvalue weighted by atomic mass is 16.1. The highest BCUT2D eigenvalue weighted by Crippen LogP contribution is 2.61. The standard InChI is InChI=1S/C20H35NO/c1-4-6-7-18(5-2)19(22)21-14(3)20-11-15-8-16(12-20)10-17(9-15)13-20/h14-18H,4-13H2,1-3H3,(H,21,22). The van der Waals surface area contributed by atoms with Crippen LogP contribution in [0.4, 0.5) is 0 Å². The Morgan fingerprint density at radius 1 is 1.09 bits per heavy atom. The van der Waals surface area contributed by atoms with Crippen LogP contribution in [0.2, 0.25) is 0 Å². The van der Waals surface area contributed by atoms with Crippen molar-refractivity contribution in [3.05, 3.63) is 0 Å². The lowest BCUT2D eigenvalue weighted by molar-refractivity contribution is -0.130. The first-order valence-electron chi connectivity index (χ1n) is 9.86. The van der Waals surface area contributed by atoms with E-state index in [1.807, 2.05) is 0 Å². The van der Waals surface area contributed by atoms with Gasteiger partial charge in [-0.25, -0.2) is 0 Å². The smallest absolute Gasteiger partial charge is 0.223 e. The Balaban J connectivity index is 1.61. The molecule has 4 aliphatic rings. The van der Waals surface area contributed by atoms with Crippen LogP contribution in [0, 0.1) is 29.1 Å². The summed E-state index contributed by atoms with van der Waals surface area (Å²) >= 11 is 0. The maximum Gasteiger partial charge on any atom is 0.223 e. The summed E-state index contributed by atoms with van der Waals surface area (Å²) in [7, 11) is 0. The van der Waals surface area contributed by atoms with Crippen LogP contribution < -0.4 is 5.32 Å². The molecule has 4 saturated carbocycles. The van der Waals surface area contributed by atoms with E-state index in [1.165, 1.54) is 51.4 Å². The second kappa shape index (κ2) is 6.53. The van der Waals surface area contributed by atoms with Gasteiger partial charge < -0.3 is 5.32 Å². The molecule has 2 unspecified atom stereocenters. The summed E-state index contributed by atoms with van der Waals surface area (Å²) in [5, 5.41) is 3.46. The van der Waals surface area contributed by atoms with E-state index >= 15 is 0 Å². The first-order valence-corrected chi connectivity index (χ1v) is 9.86. The molecule has 2 nitrogen and oxygen atoms in total. The van der Waals surface area contributed by atoms with Crippen molar-refractivity contribution in [2.75, 3.05) is 0 Å². The quantitative estimate of drug-likeness (QED) is 0.710. The van der Waals surface area contributed by atoms with Gasteiger partial charge >= 0.3 is 0 Å². The van der Waals surface area contributed by atoms with E-state index in [0.717, 1.165) is 30.6 Å². The first kappa shape index (κ1) is 16.3. The van der Waals surface area contributed by atoms with Gasteiger partial charge in [-0.1, -0.05) is 26.7 Å². The lowest BCUT2D eigenvalue weighted by Crippen LogP contribution is -2.56. The Morgan fingerprint density at radius 2 is 1.64 bits per heavy atom. The topological polar surface area (TPSA) is 29.1 Å². The highest BCUT2D eigenvalue weighted by Gasteiger charge is 2.53. The number of carbonyl (C=O) groups excluding carboxylic acids is 1. The molecule has 126 valence electrons. The van der Waals surface area contributed by atoms with Crippen molar-refractivity contribution in [2.45, 2.75) is 91.0 Å². The van der Waals surface area contributed by atoms with Crippen LogP contribution in [0.3, 0.4) is 0 Å². The van der Waals surface area contributed by atoms with Crippen molar-refractivity contribution in [3.8, 4) is 0 Å². The summed E-state index contributed by atoms with van der Waals surface area (Å²) in [5.41, 5.74) is 0.438. The SMILES string of the molecule is CCCCC(CC)C(=O)NC(C)C12CC3CC(CC(C3)C1)C2. The predicted octanol–water partition coefficient (Wildman–Crippen LogP) is 4.92. The van der Waals surface area contributed by atoms with Crippen LogP contribution in [0.1, 0.15) is 85.0 Å². The minimum Gasteiger partial charge on any atom is -0.353 e. The van der Waals surface area contributed by atoms with E-state index in [9.17, 15) is 4.79 Å². The van der Waals surface area contributed by atoms with Gasteiger partial charge in [-0.15, -0.1) is 0 Å². The molecule has 0 radical (unpaired) electrons. The number of hydrogen-bond acceptors (Lipinski definition) is 1. The highest BCUT2D eigenvalue weighted by molar-refractivity contribution is 5.78. The van der Waals surface area contributed by atoms with E-state index in [-0.39, 0.29) is 5.92 Å². The van der Waals surface area contributed by atoms with E-state index in [0.29, 0.717) is 17.4 Å². The monoisotopic (exact) mass is 305 g/mol. The molecule has 0 aliphatic heterocycles. The Kier molecular flexibility index (Phi) is 4.85. The van der Waals surface area contributed by atoms with E-state index in [1.54, 1.807) is 0 Å². The Morgan fingerprint density at radius 3 is 2.09 bits per heavy atom. The molecule has 4 bridgehead atoms. The minimum absolute atomic E-state index is 0.233. The largest absolute Gasteiger partial charge is 0.353 e. The maximum absolute atomic E-state index is 12.7. The first-order chi connectivity index (χ1) is 10.6. The summed E-state index contributed by atoms with van der Waals surface area (Å²) < 4.78 is 0. The van der Waals surface area contributed by atoms with Crippen LogP contribution >= 0.6 is 0 Å². The fourth-order valence-corrected chi connectivity index (χ4v) is 6.16. The van der Waals surface area contributed by atoms with Crippen LogP contribution in [-0.2, 0) is 4.79 Å². The molecule has 1 N–H and O–H groups in total. The van der Waals surface area contributed by atoms with Crippen molar-refractivity contribution in [1.29, 1.82) is 0 Å². The summed E-state index contributed by atoms with van der Waals surface area (Å²) in [5.74, 6) is 3.46. The molecule has 2 atom stereocenters. The second-order valence-electron chi connectivity index (χ2n) is 8.76. The Labute approximate surface area is 136 Å². The Bertz CT molecular complexity index is 367.